The molecule has 24 heavy (non-hydrogen) atoms. The lowest BCUT2D eigenvalue weighted by Gasteiger charge is -2.10. The summed E-state index contributed by atoms with van der Waals surface area (Å²) in [5, 5.41) is 6.79. The largest absolute Gasteiger partial charge is 0.370 e. The Labute approximate surface area is 151 Å². The van der Waals surface area contributed by atoms with Crippen molar-refractivity contribution >= 4 is 40.6 Å². The molecule has 0 bridgehead atoms. The summed E-state index contributed by atoms with van der Waals surface area (Å²) in [7, 11) is 4.05. The number of nitrogens with zero attached hydrogens (tertiary/aromatic N) is 3. The number of carbonyl (C=O) groups is 1. The predicted octanol–water partition coefficient (Wildman–Crippen LogP) is 3.40. The molecule has 6 nitrogen and oxygen atoms in total. The summed E-state index contributed by atoms with van der Waals surface area (Å²) in [6.45, 7) is 1.74. The van der Waals surface area contributed by atoms with E-state index in [1.807, 2.05) is 14.1 Å². The highest BCUT2D eigenvalue weighted by molar-refractivity contribution is 6.35. The lowest BCUT2D eigenvalue weighted by atomic mass is 10.3. The van der Waals surface area contributed by atoms with Gasteiger partial charge in [-0.05, 0) is 45.3 Å². The van der Waals surface area contributed by atoms with Crippen LogP contribution in [0.4, 0.5) is 11.5 Å². The van der Waals surface area contributed by atoms with Gasteiger partial charge >= 0.3 is 0 Å². The Balaban J connectivity index is 1.98. The fourth-order valence-electron chi connectivity index (χ4n) is 2.01. The highest BCUT2D eigenvalue weighted by atomic mass is 35.5. The topological polar surface area (TPSA) is 70.2 Å². The van der Waals surface area contributed by atoms with E-state index in [0.29, 0.717) is 21.6 Å². The summed E-state index contributed by atoms with van der Waals surface area (Å²) < 4.78 is 0. The van der Waals surface area contributed by atoms with E-state index in [0.717, 1.165) is 19.5 Å². The zero-order valence-corrected chi connectivity index (χ0v) is 15.0. The van der Waals surface area contributed by atoms with Crippen molar-refractivity contribution in [2.24, 2.45) is 0 Å². The Bertz CT molecular complexity index is 688. The summed E-state index contributed by atoms with van der Waals surface area (Å²) in [6, 6.07) is 6.44. The molecule has 128 valence electrons. The standard InChI is InChI=1S/C16H19Cl2N5O/c1-23(2)5-3-4-19-15-9-14(20-10-21-15)16(24)22-13-7-11(17)6-12(18)8-13/h6-10H,3-5H2,1-2H3,(H,22,24)(H,19,20,21). The average molecular weight is 368 g/mol. The lowest BCUT2D eigenvalue weighted by Crippen LogP contribution is -2.17. The zero-order valence-electron chi connectivity index (χ0n) is 13.5. The number of nitrogens with one attached hydrogen (secondary N) is 2. The molecule has 0 spiro atoms. The number of aromatic nitrogens is 2. The lowest BCUT2D eigenvalue weighted by molar-refractivity contribution is 0.102. The Kier molecular flexibility index (Phi) is 6.78. The first-order valence-electron chi connectivity index (χ1n) is 7.42. The molecule has 2 aromatic rings. The van der Waals surface area contributed by atoms with Crippen molar-refractivity contribution in [3.05, 3.63) is 46.3 Å². The van der Waals surface area contributed by atoms with Crippen LogP contribution in [0.5, 0.6) is 0 Å². The molecule has 2 N–H and O–H groups in total. The van der Waals surface area contributed by atoms with Crippen LogP contribution in [-0.4, -0.2) is 48.0 Å². The number of benzene rings is 1. The summed E-state index contributed by atoms with van der Waals surface area (Å²) >= 11 is 11.8. The summed E-state index contributed by atoms with van der Waals surface area (Å²) in [5.74, 6) is 0.255. The maximum absolute atomic E-state index is 12.3. The van der Waals surface area contributed by atoms with E-state index in [-0.39, 0.29) is 11.6 Å². The number of rotatable bonds is 7. The minimum absolute atomic E-state index is 0.260. The molecule has 1 aromatic heterocycles. The Morgan fingerprint density at radius 2 is 1.83 bits per heavy atom. The van der Waals surface area contributed by atoms with Gasteiger partial charge in [-0.1, -0.05) is 23.2 Å². The molecule has 1 heterocycles. The second kappa shape index (κ2) is 8.82. The molecule has 0 saturated heterocycles. The maximum atomic E-state index is 12.3. The van der Waals surface area contributed by atoms with Crippen molar-refractivity contribution in [1.29, 1.82) is 0 Å². The molecule has 0 radical (unpaired) electrons. The normalized spacial score (nSPS) is 10.7. The number of hydrogen-bond donors (Lipinski definition) is 2. The Hall–Kier alpha value is -1.89. The van der Waals surface area contributed by atoms with Crippen molar-refractivity contribution in [2.45, 2.75) is 6.42 Å². The molecule has 1 aromatic carbocycles. The average Bonchev–Trinajstić information content (AvgIpc) is 2.50. The van der Waals surface area contributed by atoms with Crippen molar-refractivity contribution in [2.75, 3.05) is 37.8 Å². The monoisotopic (exact) mass is 367 g/mol. The fraction of sp³-hybridized carbons (Fsp3) is 0.312. The summed E-state index contributed by atoms with van der Waals surface area (Å²) in [6.07, 6.45) is 2.33. The molecule has 0 aliphatic carbocycles. The van der Waals surface area contributed by atoms with Gasteiger partial charge in [0.1, 0.15) is 17.8 Å². The molecule has 2 rings (SSSR count). The first kappa shape index (κ1) is 18.4. The SMILES string of the molecule is CN(C)CCCNc1cc(C(=O)Nc2cc(Cl)cc(Cl)c2)ncn1. The van der Waals surface area contributed by atoms with Crippen molar-refractivity contribution in [3.63, 3.8) is 0 Å². The number of amides is 1. The van der Waals surface area contributed by atoms with E-state index in [4.69, 9.17) is 23.2 Å². The fourth-order valence-corrected chi connectivity index (χ4v) is 2.54. The van der Waals surface area contributed by atoms with Gasteiger partial charge in [0.05, 0.1) is 0 Å². The highest BCUT2D eigenvalue weighted by Crippen LogP contribution is 2.22. The van der Waals surface area contributed by atoms with Gasteiger partial charge in [-0.15, -0.1) is 0 Å². The van der Waals surface area contributed by atoms with Crippen LogP contribution in [0.3, 0.4) is 0 Å². The molecule has 0 fully saturated rings. The van der Waals surface area contributed by atoms with Gasteiger partial charge in [0.2, 0.25) is 0 Å². The van der Waals surface area contributed by atoms with E-state index in [1.165, 1.54) is 6.33 Å². The van der Waals surface area contributed by atoms with Gasteiger partial charge in [-0.2, -0.15) is 0 Å². The molecular formula is C16H19Cl2N5O. The van der Waals surface area contributed by atoms with E-state index in [2.05, 4.69) is 25.5 Å². The number of carbonyl (C=O) groups excluding carboxylic acids is 1. The van der Waals surface area contributed by atoms with Crippen molar-refractivity contribution in [1.82, 2.24) is 14.9 Å². The smallest absolute Gasteiger partial charge is 0.274 e. The van der Waals surface area contributed by atoms with Crippen molar-refractivity contribution < 1.29 is 4.79 Å². The number of anilines is 2. The summed E-state index contributed by atoms with van der Waals surface area (Å²) in [5.41, 5.74) is 0.771. The van der Waals surface area contributed by atoms with E-state index in [9.17, 15) is 4.79 Å². The Morgan fingerprint density at radius 3 is 2.50 bits per heavy atom. The quantitative estimate of drug-likeness (QED) is 0.733. The minimum Gasteiger partial charge on any atom is -0.370 e. The molecule has 8 heteroatoms. The third kappa shape index (κ3) is 5.96. The van der Waals surface area contributed by atoms with Crippen LogP contribution in [0.1, 0.15) is 16.9 Å². The van der Waals surface area contributed by atoms with Gasteiger partial charge in [-0.3, -0.25) is 4.79 Å². The highest BCUT2D eigenvalue weighted by Gasteiger charge is 2.10. The number of halogens is 2. The predicted molar refractivity (Wildman–Crippen MR) is 98.1 cm³/mol. The van der Waals surface area contributed by atoms with Crippen LogP contribution in [0, 0.1) is 0 Å². The third-order valence-electron chi connectivity index (χ3n) is 3.11. The van der Waals surface area contributed by atoms with E-state index >= 15 is 0 Å². The maximum Gasteiger partial charge on any atom is 0.274 e. The van der Waals surface area contributed by atoms with Gasteiger partial charge in [0.25, 0.3) is 5.91 Å². The molecule has 0 unspecified atom stereocenters. The van der Waals surface area contributed by atoms with Crippen LogP contribution < -0.4 is 10.6 Å². The second-order valence-electron chi connectivity index (χ2n) is 5.48. The van der Waals surface area contributed by atoms with Crippen molar-refractivity contribution in [3.8, 4) is 0 Å². The van der Waals surface area contributed by atoms with Crippen LogP contribution in [0.15, 0.2) is 30.6 Å². The molecule has 1 amide bonds. The van der Waals surface area contributed by atoms with Gasteiger partial charge < -0.3 is 15.5 Å². The number of hydrogen-bond acceptors (Lipinski definition) is 5. The second-order valence-corrected chi connectivity index (χ2v) is 6.36. The van der Waals surface area contributed by atoms with Crippen LogP contribution in [0.25, 0.3) is 0 Å². The first-order chi connectivity index (χ1) is 11.4. The van der Waals surface area contributed by atoms with Gasteiger partial charge in [0.15, 0.2) is 0 Å². The molecule has 0 saturated carbocycles. The van der Waals surface area contributed by atoms with E-state index in [1.54, 1.807) is 24.3 Å². The van der Waals surface area contributed by atoms with Gasteiger partial charge in [-0.25, -0.2) is 9.97 Å². The molecular weight excluding hydrogens is 349 g/mol. The molecule has 0 aliphatic heterocycles. The third-order valence-corrected chi connectivity index (χ3v) is 3.54. The summed E-state index contributed by atoms with van der Waals surface area (Å²) in [4.78, 5) is 22.5. The van der Waals surface area contributed by atoms with E-state index < -0.39 is 0 Å². The molecule has 0 aliphatic rings. The minimum atomic E-state index is -0.355. The van der Waals surface area contributed by atoms with Crippen LogP contribution in [0.2, 0.25) is 10.0 Å². The van der Waals surface area contributed by atoms with Gasteiger partial charge in [0, 0.05) is 28.3 Å². The first-order valence-corrected chi connectivity index (χ1v) is 8.18. The van der Waals surface area contributed by atoms with Crippen LogP contribution in [-0.2, 0) is 0 Å². The van der Waals surface area contributed by atoms with Crippen LogP contribution >= 0.6 is 23.2 Å². The zero-order chi connectivity index (χ0) is 17.5. The Morgan fingerprint density at radius 1 is 1.12 bits per heavy atom. The molecule has 0 atom stereocenters.